The standard InChI is InChI=1S/C11H14N2O3/c1-8(9-6-4-3-5-7-9)11(2,10(12)14)13(15)16/h3-8H,1-2H3,(H2,12,14). The van der Waals surface area contributed by atoms with Crippen molar-refractivity contribution in [3.63, 3.8) is 0 Å². The maximum Gasteiger partial charge on any atom is 0.302 e. The van der Waals surface area contributed by atoms with Crippen LogP contribution in [0.15, 0.2) is 30.3 Å². The third-order valence-electron chi connectivity index (χ3n) is 3.02. The van der Waals surface area contributed by atoms with Gasteiger partial charge in [-0.25, -0.2) is 0 Å². The summed E-state index contributed by atoms with van der Waals surface area (Å²) >= 11 is 0. The second-order valence-electron chi connectivity index (χ2n) is 3.90. The van der Waals surface area contributed by atoms with E-state index in [9.17, 15) is 14.9 Å². The molecule has 2 N–H and O–H groups in total. The minimum Gasteiger partial charge on any atom is -0.363 e. The van der Waals surface area contributed by atoms with Crippen LogP contribution in [0, 0.1) is 10.1 Å². The largest absolute Gasteiger partial charge is 0.363 e. The first kappa shape index (κ1) is 12.2. The normalized spacial score (nSPS) is 16.1. The fourth-order valence-electron chi connectivity index (χ4n) is 1.53. The van der Waals surface area contributed by atoms with Crippen molar-refractivity contribution < 1.29 is 9.72 Å². The SMILES string of the molecule is CC(c1ccccc1)C(C)(C(N)=O)[N+](=O)[O-]. The summed E-state index contributed by atoms with van der Waals surface area (Å²) in [6, 6.07) is 8.84. The molecule has 0 aromatic heterocycles. The first-order chi connectivity index (χ1) is 7.40. The van der Waals surface area contributed by atoms with Gasteiger partial charge in [0, 0.05) is 11.8 Å². The molecule has 0 saturated heterocycles. The van der Waals surface area contributed by atoms with Crippen LogP contribution in [0.3, 0.4) is 0 Å². The van der Waals surface area contributed by atoms with E-state index in [-0.39, 0.29) is 0 Å². The first-order valence-corrected chi connectivity index (χ1v) is 4.90. The van der Waals surface area contributed by atoms with Gasteiger partial charge in [-0.05, 0) is 5.56 Å². The summed E-state index contributed by atoms with van der Waals surface area (Å²) in [5.74, 6) is -1.49. The van der Waals surface area contributed by atoms with Gasteiger partial charge in [0.1, 0.15) is 0 Å². The van der Waals surface area contributed by atoms with Gasteiger partial charge < -0.3 is 5.73 Å². The summed E-state index contributed by atoms with van der Waals surface area (Å²) in [6.45, 7) is 2.88. The molecule has 0 fully saturated rings. The summed E-state index contributed by atoms with van der Waals surface area (Å²) in [5.41, 5.74) is 4.08. The Morgan fingerprint density at radius 1 is 1.44 bits per heavy atom. The topological polar surface area (TPSA) is 86.2 Å². The van der Waals surface area contributed by atoms with Crippen LogP contribution in [0.1, 0.15) is 25.3 Å². The van der Waals surface area contributed by atoms with Gasteiger partial charge in [-0.1, -0.05) is 37.3 Å². The summed E-state index contributed by atoms with van der Waals surface area (Å²) < 4.78 is 0. The van der Waals surface area contributed by atoms with Gasteiger partial charge in [-0.15, -0.1) is 0 Å². The van der Waals surface area contributed by atoms with Gasteiger partial charge in [-0.2, -0.15) is 0 Å². The molecule has 86 valence electrons. The average Bonchev–Trinajstić information content (AvgIpc) is 2.27. The van der Waals surface area contributed by atoms with Crippen LogP contribution in [0.2, 0.25) is 0 Å². The smallest absolute Gasteiger partial charge is 0.302 e. The number of hydrogen-bond donors (Lipinski definition) is 1. The molecule has 5 nitrogen and oxygen atoms in total. The Morgan fingerprint density at radius 2 is 1.94 bits per heavy atom. The molecule has 2 atom stereocenters. The molecule has 0 spiro atoms. The maximum absolute atomic E-state index is 11.3. The zero-order valence-corrected chi connectivity index (χ0v) is 9.21. The molecule has 0 aliphatic heterocycles. The predicted molar refractivity (Wildman–Crippen MR) is 59.5 cm³/mol. The third-order valence-corrected chi connectivity index (χ3v) is 3.02. The highest BCUT2D eigenvalue weighted by Crippen LogP contribution is 2.30. The Labute approximate surface area is 93.4 Å². The highest BCUT2D eigenvalue weighted by molar-refractivity contribution is 5.83. The lowest BCUT2D eigenvalue weighted by atomic mass is 9.82. The number of nitrogens with two attached hydrogens (primary N) is 1. The lowest BCUT2D eigenvalue weighted by molar-refractivity contribution is -0.551. The van der Waals surface area contributed by atoms with Crippen molar-refractivity contribution in [2.75, 3.05) is 0 Å². The molecule has 2 unspecified atom stereocenters. The second kappa shape index (κ2) is 4.30. The second-order valence-corrected chi connectivity index (χ2v) is 3.90. The Balaban J connectivity index is 3.16. The number of benzene rings is 1. The van der Waals surface area contributed by atoms with Crippen LogP contribution in [-0.4, -0.2) is 16.4 Å². The van der Waals surface area contributed by atoms with E-state index < -0.39 is 22.3 Å². The molecule has 0 radical (unpaired) electrons. The predicted octanol–water partition coefficient (Wildman–Crippen LogP) is 1.31. The van der Waals surface area contributed by atoms with Crippen molar-refractivity contribution in [2.24, 2.45) is 5.73 Å². The number of primary amides is 1. The average molecular weight is 222 g/mol. The maximum atomic E-state index is 11.3. The molecule has 0 heterocycles. The number of carbonyl (C=O) groups excluding carboxylic acids is 1. The van der Waals surface area contributed by atoms with Gasteiger partial charge in [-0.3, -0.25) is 14.9 Å². The van der Waals surface area contributed by atoms with Crippen LogP contribution in [-0.2, 0) is 4.79 Å². The molecule has 1 aromatic rings. The van der Waals surface area contributed by atoms with E-state index in [0.29, 0.717) is 0 Å². The Hall–Kier alpha value is -1.91. The van der Waals surface area contributed by atoms with E-state index >= 15 is 0 Å². The fraction of sp³-hybridized carbons (Fsp3) is 0.364. The van der Waals surface area contributed by atoms with Crippen LogP contribution in [0.5, 0.6) is 0 Å². The van der Waals surface area contributed by atoms with E-state index in [1.54, 1.807) is 31.2 Å². The van der Waals surface area contributed by atoms with E-state index in [1.807, 2.05) is 6.07 Å². The van der Waals surface area contributed by atoms with Crippen molar-refractivity contribution in [1.29, 1.82) is 0 Å². The van der Waals surface area contributed by atoms with E-state index in [4.69, 9.17) is 5.73 Å². The van der Waals surface area contributed by atoms with Gasteiger partial charge in [0.05, 0.1) is 5.92 Å². The van der Waals surface area contributed by atoms with E-state index in [0.717, 1.165) is 5.56 Å². The van der Waals surface area contributed by atoms with Gasteiger partial charge in [0.2, 0.25) is 0 Å². The number of carbonyl (C=O) groups is 1. The fourth-order valence-corrected chi connectivity index (χ4v) is 1.53. The molecule has 5 heteroatoms. The van der Waals surface area contributed by atoms with Crippen molar-refractivity contribution in [1.82, 2.24) is 0 Å². The van der Waals surface area contributed by atoms with Gasteiger partial charge in [0.15, 0.2) is 0 Å². The van der Waals surface area contributed by atoms with Crippen molar-refractivity contribution in [3.05, 3.63) is 46.0 Å². The molecule has 0 saturated carbocycles. The lowest BCUT2D eigenvalue weighted by Crippen LogP contribution is -2.51. The zero-order chi connectivity index (χ0) is 12.3. The Morgan fingerprint density at radius 3 is 2.31 bits per heavy atom. The Kier molecular flexibility index (Phi) is 3.27. The minimum absolute atomic E-state index is 0.568. The summed E-state index contributed by atoms with van der Waals surface area (Å²) in [6.07, 6.45) is 0. The molecule has 1 amide bonds. The van der Waals surface area contributed by atoms with E-state index in [1.165, 1.54) is 6.92 Å². The highest BCUT2D eigenvalue weighted by Gasteiger charge is 2.50. The third kappa shape index (κ3) is 1.88. The summed E-state index contributed by atoms with van der Waals surface area (Å²) in [7, 11) is 0. The van der Waals surface area contributed by atoms with Crippen molar-refractivity contribution >= 4 is 5.91 Å². The molecule has 0 aliphatic carbocycles. The van der Waals surface area contributed by atoms with Crippen LogP contribution >= 0.6 is 0 Å². The highest BCUT2D eigenvalue weighted by atomic mass is 16.6. The number of rotatable bonds is 4. The molecule has 1 rings (SSSR count). The Bertz CT molecular complexity index is 389. The van der Waals surface area contributed by atoms with Crippen LogP contribution in [0.25, 0.3) is 0 Å². The molecule has 0 aliphatic rings. The lowest BCUT2D eigenvalue weighted by Gasteiger charge is -2.24. The number of hydrogen-bond acceptors (Lipinski definition) is 3. The molecular weight excluding hydrogens is 208 g/mol. The van der Waals surface area contributed by atoms with Crippen LogP contribution < -0.4 is 5.73 Å². The molecule has 0 bridgehead atoms. The number of nitrogens with zero attached hydrogens (tertiary/aromatic N) is 1. The van der Waals surface area contributed by atoms with Gasteiger partial charge in [0.25, 0.3) is 5.91 Å². The summed E-state index contributed by atoms with van der Waals surface area (Å²) in [5, 5.41) is 11.0. The van der Waals surface area contributed by atoms with E-state index in [2.05, 4.69) is 0 Å². The quantitative estimate of drug-likeness (QED) is 0.615. The minimum atomic E-state index is -1.78. The van der Waals surface area contributed by atoms with Crippen molar-refractivity contribution in [3.8, 4) is 0 Å². The molecule has 1 aromatic carbocycles. The zero-order valence-electron chi connectivity index (χ0n) is 9.21. The first-order valence-electron chi connectivity index (χ1n) is 4.90. The number of amides is 1. The van der Waals surface area contributed by atoms with Gasteiger partial charge >= 0.3 is 5.54 Å². The number of nitro groups is 1. The van der Waals surface area contributed by atoms with Crippen molar-refractivity contribution in [2.45, 2.75) is 25.3 Å². The molecule has 16 heavy (non-hydrogen) atoms. The summed E-state index contributed by atoms with van der Waals surface area (Å²) in [4.78, 5) is 21.6. The van der Waals surface area contributed by atoms with Crippen LogP contribution in [0.4, 0.5) is 0 Å². The monoisotopic (exact) mass is 222 g/mol. The molecular formula is C11H14N2O3.